The minimum Gasteiger partial charge on any atom is -0.467 e. The van der Waals surface area contributed by atoms with Crippen molar-refractivity contribution >= 4 is 5.91 Å². The number of aliphatic hydroxyl groups excluding tert-OH is 1. The smallest absolute Gasteiger partial charge is 0.255 e. The average molecular weight is 283 g/mol. The van der Waals surface area contributed by atoms with Crippen LogP contribution >= 0.6 is 0 Å². The number of aliphatic hydroxyl groups is 1. The molecule has 0 aliphatic rings. The number of furan rings is 1. The van der Waals surface area contributed by atoms with Crippen LogP contribution in [0.3, 0.4) is 0 Å². The molecule has 1 heterocycles. The third-order valence-corrected chi connectivity index (χ3v) is 3.06. The van der Waals surface area contributed by atoms with Gasteiger partial charge >= 0.3 is 0 Å². The summed E-state index contributed by atoms with van der Waals surface area (Å²) in [6, 6.07) is 10.8. The van der Waals surface area contributed by atoms with E-state index in [4.69, 9.17) is 9.52 Å². The Bertz CT molecular complexity index is 650. The predicted molar refractivity (Wildman–Crippen MR) is 79.5 cm³/mol. The molecule has 0 spiro atoms. The number of benzene rings is 1. The molecule has 4 heteroatoms. The van der Waals surface area contributed by atoms with Gasteiger partial charge in [0.15, 0.2) is 0 Å². The first kappa shape index (κ1) is 14.9. The Morgan fingerprint density at radius 2 is 2.10 bits per heavy atom. The maximum absolute atomic E-state index is 12.6. The van der Waals surface area contributed by atoms with Crippen LogP contribution in [-0.2, 0) is 6.54 Å². The Hall–Kier alpha value is -2.51. The van der Waals surface area contributed by atoms with Crippen molar-refractivity contribution in [3.63, 3.8) is 0 Å². The summed E-state index contributed by atoms with van der Waals surface area (Å²) in [4.78, 5) is 14.3. The van der Waals surface area contributed by atoms with Crippen molar-refractivity contribution in [2.75, 3.05) is 13.2 Å². The fourth-order valence-electron chi connectivity index (χ4n) is 2.00. The topological polar surface area (TPSA) is 53.7 Å². The molecular formula is C17H17NO3. The van der Waals surface area contributed by atoms with Crippen molar-refractivity contribution < 1.29 is 14.3 Å². The highest BCUT2D eigenvalue weighted by atomic mass is 16.3. The van der Waals surface area contributed by atoms with Crippen LogP contribution in [0, 0.1) is 11.8 Å². The molecule has 0 aliphatic carbocycles. The van der Waals surface area contributed by atoms with Crippen LogP contribution in [0.1, 0.15) is 28.6 Å². The minimum absolute atomic E-state index is 0.100. The summed E-state index contributed by atoms with van der Waals surface area (Å²) in [5.41, 5.74) is 1.15. The molecule has 1 N–H and O–H groups in total. The fraction of sp³-hybridized carbons (Fsp3) is 0.235. The third kappa shape index (κ3) is 3.74. The van der Waals surface area contributed by atoms with E-state index < -0.39 is 0 Å². The molecule has 2 aromatic rings. The molecular weight excluding hydrogens is 266 g/mol. The van der Waals surface area contributed by atoms with E-state index in [1.54, 1.807) is 35.4 Å². The summed E-state index contributed by atoms with van der Waals surface area (Å²) in [5, 5.41) is 8.80. The molecule has 0 fully saturated rings. The van der Waals surface area contributed by atoms with Crippen molar-refractivity contribution in [2.45, 2.75) is 13.5 Å². The van der Waals surface area contributed by atoms with E-state index in [2.05, 4.69) is 11.8 Å². The van der Waals surface area contributed by atoms with Crippen LogP contribution < -0.4 is 0 Å². The fourth-order valence-corrected chi connectivity index (χ4v) is 2.00. The second-order valence-electron chi connectivity index (χ2n) is 4.40. The number of hydrogen-bond donors (Lipinski definition) is 1. The quantitative estimate of drug-likeness (QED) is 0.876. The molecule has 1 aromatic heterocycles. The van der Waals surface area contributed by atoms with Crippen LogP contribution in [-0.4, -0.2) is 29.1 Å². The molecule has 4 nitrogen and oxygen atoms in total. The van der Waals surface area contributed by atoms with Gasteiger partial charge in [0.25, 0.3) is 5.91 Å². The molecule has 0 aliphatic heterocycles. The highest BCUT2D eigenvalue weighted by Crippen LogP contribution is 2.14. The predicted octanol–water partition coefficient (Wildman–Crippen LogP) is 2.29. The van der Waals surface area contributed by atoms with E-state index in [-0.39, 0.29) is 12.5 Å². The van der Waals surface area contributed by atoms with Gasteiger partial charge in [0.1, 0.15) is 12.4 Å². The zero-order valence-electron chi connectivity index (χ0n) is 11.9. The van der Waals surface area contributed by atoms with Crippen LogP contribution in [0.25, 0.3) is 0 Å². The van der Waals surface area contributed by atoms with Crippen molar-refractivity contribution in [1.82, 2.24) is 4.90 Å². The first-order valence-corrected chi connectivity index (χ1v) is 6.76. The number of hydrogen-bond acceptors (Lipinski definition) is 3. The van der Waals surface area contributed by atoms with Crippen LogP contribution in [0.15, 0.2) is 47.1 Å². The highest BCUT2D eigenvalue weighted by Gasteiger charge is 2.17. The zero-order chi connectivity index (χ0) is 15.1. The van der Waals surface area contributed by atoms with Gasteiger partial charge < -0.3 is 14.4 Å². The van der Waals surface area contributed by atoms with E-state index in [1.807, 2.05) is 19.1 Å². The Labute approximate surface area is 124 Å². The lowest BCUT2D eigenvalue weighted by Gasteiger charge is -2.20. The van der Waals surface area contributed by atoms with Gasteiger partial charge in [0, 0.05) is 12.1 Å². The summed E-state index contributed by atoms with van der Waals surface area (Å²) in [5.74, 6) is 6.03. The number of carbonyl (C=O) groups excluding carboxylic acids is 1. The van der Waals surface area contributed by atoms with Crippen molar-refractivity contribution in [3.05, 3.63) is 59.5 Å². The van der Waals surface area contributed by atoms with Crippen molar-refractivity contribution in [1.29, 1.82) is 0 Å². The molecule has 0 unspecified atom stereocenters. The molecule has 0 saturated carbocycles. The van der Waals surface area contributed by atoms with Crippen LogP contribution in [0.4, 0.5) is 0 Å². The van der Waals surface area contributed by atoms with Gasteiger partial charge in [-0.05, 0) is 31.2 Å². The number of amides is 1. The largest absolute Gasteiger partial charge is 0.467 e. The summed E-state index contributed by atoms with van der Waals surface area (Å²) in [6.07, 6.45) is 1.59. The SMILES string of the molecule is CCN(Cc1ccco1)C(=O)c1ccccc1C#CCO. The van der Waals surface area contributed by atoms with Crippen molar-refractivity contribution in [2.24, 2.45) is 0 Å². The molecule has 0 saturated heterocycles. The normalized spacial score (nSPS) is 9.81. The molecule has 1 amide bonds. The molecule has 108 valence electrons. The lowest BCUT2D eigenvalue weighted by atomic mass is 10.1. The Morgan fingerprint density at radius 3 is 2.76 bits per heavy atom. The Balaban J connectivity index is 2.25. The van der Waals surface area contributed by atoms with Gasteiger partial charge in [0.2, 0.25) is 0 Å². The van der Waals surface area contributed by atoms with Crippen LogP contribution in [0.2, 0.25) is 0 Å². The maximum atomic E-state index is 12.6. The van der Waals surface area contributed by atoms with Gasteiger partial charge in [-0.1, -0.05) is 24.0 Å². The van der Waals surface area contributed by atoms with Crippen LogP contribution in [0.5, 0.6) is 0 Å². The van der Waals surface area contributed by atoms with E-state index in [0.717, 1.165) is 5.76 Å². The van der Waals surface area contributed by atoms with Gasteiger partial charge in [-0.25, -0.2) is 0 Å². The monoisotopic (exact) mass is 283 g/mol. The summed E-state index contributed by atoms with van der Waals surface area (Å²) >= 11 is 0. The molecule has 0 atom stereocenters. The lowest BCUT2D eigenvalue weighted by Crippen LogP contribution is -2.30. The molecule has 1 aromatic carbocycles. The standard InChI is InChI=1S/C17H17NO3/c1-2-18(13-15-9-6-12-21-15)17(20)16-10-4-3-7-14(16)8-5-11-19/h3-4,6-7,9-10,12,19H,2,11,13H2,1H3. The summed E-state index contributed by atoms with van der Waals surface area (Å²) in [6.45, 7) is 2.68. The summed E-state index contributed by atoms with van der Waals surface area (Å²) in [7, 11) is 0. The number of carbonyl (C=O) groups is 1. The maximum Gasteiger partial charge on any atom is 0.255 e. The second-order valence-corrected chi connectivity index (χ2v) is 4.40. The van der Waals surface area contributed by atoms with Crippen molar-refractivity contribution in [3.8, 4) is 11.8 Å². The number of rotatable bonds is 4. The van der Waals surface area contributed by atoms with E-state index >= 15 is 0 Å². The lowest BCUT2D eigenvalue weighted by molar-refractivity contribution is 0.0741. The second kappa shape index (κ2) is 7.32. The Kier molecular flexibility index (Phi) is 5.19. The van der Waals surface area contributed by atoms with E-state index in [9.17, 15) is 4.79 Å². The average Bonchev–Trinajstić information content (AvgIpc) is 3.03. The van der Waals surface area contributed by atoms with Gasteiger partial charge in [0.05, 0.1) is 18.4 Å². The summed E-state index contributed by atoms with van der Waals surface area (Å²) < 4.78 is 5.29. The van der Waals surface area contributed by atoms with E-state index in [1.165, 1.54) is 0 Å². The first-order valence-electron chi connectivity index (χ1n) is 6.76. The zero-order valence-corrected chi connectivity index (χ0v) is 11.9. The molecule has 21 heavy (non-hydrogen) atoms. The Morgan fingerprint density at radius 1 is 1.29 bits per heavy atom. The van der Waals surface area contributed by atoms with Gasteiger partial charge in [-0.15, -0.1) is 0 Å². The third-order valence-electron chi connectivity index (χ3n) is 3.06. The minimum atomic E-state index is -0.230. The highest BCUT2D eigenvalue weighted by molar-refractivity contribution is 5.96. The first-order chi connectivity index (χ1) is 10.3. The molecule has 2 rings (SSSR count). The van der Waals surface area contributed by atoms with E-state index in [0.29, 0.717) is 24.2 Å². The van der Waals surface area contributed by atoms with Gasteiger partial charge in [-0.3, -0.25) is 4.79 Å². The molecule has 0 bridgehead atoms. The van der Waals surface area contributed by atoms with Gasteiger partial charge in [-0.2, -0.15) is 0 Å². The number of nitrogens with zero attached hydrogens (tertiary/aromatic N) is 1. The molecule has 0 radical (unpaired) electrons.